The predicted octanol–water partition coefficient (Wildman–Crippen LogP) is 3.24. The second kappa shape index (κ2) is 4.94. The van der Waals surface area contributed by atoms with Crippen molar-refractivity contribution in [1.29, 1.82) is 0 Å². The van der Waals surface area contributed by atoms with Crippen LogP contribution in [0.3, 0.4) is 0 Å². The second-order valence-electron chi connectivity index (χ2n) is 5.23. The van der Waals surface area contributed by atoms with Crippen molar-refractivity contribution in [1.82, 2.24) is 0 Å². The average molecular weight is 394 g/mol. The molecular weight excluding hydrogens is 381 g/mol. The van der Waals surface area contributed by atoms with E-state index in [0.29, 0.717) is 10.7 Å². The van der Waals surface area contributed by atoms with Crippen LogP contribution in [0.15, 0.2) is 18.2 Å². The number of carbonyl (C=O) groups is 2. The van der Waals surface area contributed by atoms with E-state index >= 15 is 0 Å². The quantitative estimate of drug-likeness (QED) is 0.775. The Bertz CT molecular complexity index is 559. The predicted molar refractivity (Wildman–Crippen MR) is 81.2 cm³/mol. The summed E-state index contributed by atoms with van der Waals surface area (Å²) in [4.78, 5) is 23.2. The van der Waals surface area contributed by atoms with E-state index in [1.165, 1.54) is 0 Å². The third kappa shape index (κ3) is 2.72. The molecule has 2 atom stereocenters. The summed E-state index contributed by atoms with van der Waals surface area (Å²) >= 11 is 7.92. The van der Waals surface area contributed by atoms with Crippen molar-refractivity contribution in [2.75, 3.05) is 5.32 Å². The Morgan fingerprint density at radius 1 is 1.37 bits per heavy atom. The molecule has 1 aromatic rings. The third-order valence-electron chi connectivity index (χ3n) is 3.56. The van der Waals surface area contributed by atoms with Gasteiger partial charge in [-0.05, 0) is 46.2 Å². The van der Waals surface area contributed by atoms with Crippen molar-refractivity contribution < 1.29 is 14.7 Å². The van der Waals surface area contributed by atoms with Gasteiger partial charge in [0.2, 0.25) is 5.91 Å². The minimum absolute atomic E-state index is 0.252. The summed E-state index contributed by atoms with van der Waals surface area (Å²) < 4.78 is 0.823. The van der Waals surface area contributed by atoms with Gasteiger partial charge >= 0.3 is 5.97 Å². The van der Waals surface area contributed by atoms with Gasteiger partial charge in [-0.1, -0.05) is 25.4 Å². The highest BCUT2D eigenvalue weighted by molar-refractivity contribution is 14.1. The van der Waals surface area contributed by atoms with Gasteiger partial charge < -0.3 is 10.4 Å². The number of halogens is 2. The van der Waals surface area contributed by atoms with Crippen molar-refractivity contribution >= 4 is 51.8 Å². The summed E-state index contributed by atoms with van der Waals surface area (Å²) in [6.45, 7) is 3.59. The van der Waals surface area contributed by atoms with Crippen molar-refractivity contribution in [3.8, 4) is 0 Å². The maximum Gasteiger partial charge on any atom is 0.307 e. The molecule has 0 aliphatic heterocycles. The summed E-state index contributed by atoms with van der Waals surface area (Å²) in [6.07, 6.45) is 0. The van der Waals surface area contributed by atoms with Crippen LogP contribution in [0.1, 0.15) is 13.8 Å². The first-order valence-corrected chi connectivity index (χ1v) is 7.19. The molecule has 1 aliphatic carbocycles. The lowest BCUT2D eigenvalue weighted by Gasteiger charge is -2.08. The minimum Gasteiger partial charge on any atom is -0.481 e. The van der Waals surface area contributed by atoms with Gasteiger partial charge in [0.15, 0.2) is 0 Å². The fourth-order valence-corrected chi connectivity index (χ4v) is 3.40. The number of benzene rings is 1. The molecule has 2 rings (SSSR count). The molecule has 0 aromatic heterocycles. The van der Waals surface area contributed by atoms with Gasteiger partial charge in [0.05, 0.1) is 17.5 Å². The molecule has 1 aliphatic rings. The highest BCUT2D eigenvalue weighted by atomic mass is 127. The number of carbonyl (C=O) groups excluding carboxylic acids is 1. The normalized spacial score (nSPS) is 23.8. The Hall–Kier alpha value is -0.820. The lowest BCUT2D eigenvalue weighted by molar-refractivity contribution is -0.140. The average Bonchev–Trinajstić information content (AvgIpc) is 2.86. The second-order valence-corrected chi connectivity index (χ2v) is 6.83. The molecule has 19 heavy (non-hydrogen) atoms. The molecule has 0 radical (unpaired) electrons. The number of hydrogen-bond donors (Lipinski definition) is 2. The van der Waals surface area contributed by atoms with E-state index < -0.39 is 23.2 Å². The first-order chi connectivity index (χ1) is 8.75. The van der Waals surface area contributed by atoms with Gasteiger partial charge in [-0.2, -0.15) is 0 Å². The number of carboxylic acid groups (broad SMARTS) is 1. The Morgan fingerprint density at radius 2 is 2.00 bits per heavy atom. The summed E-state index contributed by atoms with van der Waals surface area (Å²) in [5.74, 6) is -2.28. The van der Waals surface area contributed by atoms with E-state index in [1.807, 2.05) is 0 Å². The van der Waals surface area contributed by atoms with Crippen molar-refractivity contribution in [3.05, 3.63) is 26.8 Å². The lowest BCUT2D eigenvalue weighted by atomic mass is 10.1. The van der Waals surface area contributed by atoms with Crippen LogP contribution in [0.5, 0.6) is 0 Å². The molecule has 0 unspecified atom stereocenters. The molecule has 0 heterocycles. The topological polar surface area (TPSA) is 66.4 Å². The van der Waals surface area contributed by atoms with E-state index in [4.69, 9.17) is 16.7 Å². The molecule has 1 amide bonds. The number of aliphatic carboxylic acids is 1. The van der Waals surface area contributed by atoms with E-state index in [0.717, 1.165) is 3.57 Å². The van der Waals surface area contributed by atoms with Crippen LogP contribution in [0.25, 0.3) is 0 Å². The summed E-state index contributed by atoms with van der Waals surface area (Å²) in [6, 6.07) is 5.14. The minimum atomic E-state index is -0.920. The molecule has 4 nitrogen and oxygen atoms in total. The maximum absolute atomic E-state index is 12.1. The number of amides is 1. The number of hydrogen-bond acceptors (Lipinski definition) is 2. The van der Waals surface area contributed by atoms with Gasteiger partial charge in [0.1, 0.15) is 0 Å². The number of carboxylic acids is 1. The zero-order chi connectivity index (χ0) is 14.4. The molecule has 102 valence electrons. The number of nitrogens with one attached hydrogen (secondary N) is 1. The largest absolute Gasteiger partial charge is 0.481 e. The van der Waals surface area contributed by atoms with Crippen LogP contribution in [-0.2, 0) is 9.59 Å². The SMILES string of the molecule is CC1(C)[C@H](C(=O)O)[C@@H]1C(=O)Nc1ccc(Cl)cc1I. The number of anilines is 1. The monoisotopic (exact) mass is 393 g/mol. The van der Waals surface area contributed by atoms with Crippen molar-refractivity contribution in [2.45, 2.75) is 13.8 Å². The van der Waals surface area contributed by atoms with Crippen LogP contribution >= 0.6 is 34.2 Å². The van der Waals surface area contributed by atoms with Gasteiger partial charge in [0, 0.05) is 8.59 Å². The first kappa shape index (κ1) is 14.6. The van der Waals surface area contributed by atoms with Crippen LogP contribution in [-0.4, -0.2) is 17.0 Å². The molecule has 0 spiro atoms. The first-order valence-electron chi connectivity index (χ1n) is 5.74. The van der Waals surface area contributed by atoms with Crippen molar-refractivity contribution in [2.24, 2.45) is 17.3 Å². The molecule has 1 aromatic carbocycles. The summed E-state index contributed by atoms with van der Waals surface area (Å²) in [5, 5.41) is 12.4. The smallest absolute Gasteiger partial charge is 0.307 e. The molecule has 1 fully saturated rings. The van der Waals surface area contributed by atoms with Crippen LogP contribution in [0.2, 0.25) is 5.02 Å². The molecular formula is C13H13ClINO3. The Kier molecular flexibility index (Phi) is 3.79. The molecule has 6 heteroatoms. The highest BCUT2D eigenvalue weighted by Crippen LogP contribution is 2.58. The Labute approximate surface area is 129 Å². The summed E-state index contributed by atoms with van der Waals surface area (Å²) in [7, 11) is 0. The van der Waals surface area contributed by atoms with Crippen LogP contribution in [0, 0.1) is 20.8 Å². The Morgan fingerprint density at radius 3 is 2.47 bits per heavy atom. The maximum atomic E-state index is 12.1. The standard InChI is InChI=1S/C13H13ClINO3/c1-13(2)9(10(13)12(18)19)11(17)16-8-4-3-6(14)5-7(8)15/h3-5,9-10H,1-2H3,(H,16,17)(H,18,19)/t9-,10+/m1/s1. The summed E-state index contributed by atoms with van der Waals surface area (Å²) in [5.41, 5.74) is 0.162. The molecule has 1 saturated carbocycles. The Balaban J connectivity index is 2.13. The van der Waals surface area contributed by atoms with Gasteiger partial charge in [0.25, 0.3) is 0 Å². The number of rotatable bonds is 3. The van der Waals surface area contributed by atoms with E-state index in [-0.39, 0.29) is 5.91 Å². The van der Waals surface area contributed by atoms with E-state index in [2.05, 4.69) is 27.9 Å². The molecule has 0 bridgehead atoms. The van der Waals surface area contributed by atoms with Gasteiger partial charge in [-0.3, -0.25) is 9.59 Å². The zero-order valence-electron chi connectivity index (χ0n) is 10.4. The highest BCUT2D eigenvalue weighted by Gasteiger charge is 2.65. The van der Waals surface area contributed by atoms with E-state index in [9.17, 15) is 9.59 Å². The fraction of sp³-hybridized carbons (Fsp3) is 0.385. The van der Waals surface area contributed by atoms with Crippen molar-refractivity contribution in [3.63, 3.8) is 0 Å². The third-order valence-corrected chi connectivity index (χ3v) is 4.69. The van der Waals surface area contributed by atoms with Crippen LogP contribution < -0.4 is 5.32 Å². The lowest BCUT2D eigenvalue weighted by Crippen LogP contribution is -2.18. The zero-order valence-corrected chi connectivity index (χ0v) is 13.3. The molecule has 0 saturated heterocycles. The van der Waals surface area contributed by atoms with Gasteiger partial charge in [-0.25, -0.2) is 0 Å². The van der Waals surface area contributed by atoms with E-state index in [1.54, 1.807) is 32.0 Å². The fourth-order valence-electron chi connectivity index (χ4n) is 2.39. The molecule has 2 N–H and O–H groups in total. The van der Waals surface area contributed by atoms with Crippen LogP contribution in [0.4, 0.5) is 5.69 Å². The van der Waals surface area contributed by atoms with Gasteiger partial charge in [-0.15, -0.1) is 0 Å².